The zero-order chi connectivity index (χ0) is 39.3. The molecule has 15 heteroatoms. The monoisotopic (exact) mass is 827 g/mol. The van der Waals surface area contributed by atoms with E-state index < -0.39 is 26.0 Å². The molecular formula is C43H36N2NaO10S2+. The van der Waals surface area contributed by atoms with Crippen molar-refractivity contribution in [3.8, 4) is 5.75 Å². The SMILES string of the molecule is O=S(=O)([O-])CCCCN1/C(=C/C(=C/c2oc3cc4c(cc3[n+]2CCCCS(=O)(=O)O)oc2ccccc24)c2ccccc2)Oc2cc3c(cc21)oc1ccccc13.[Na+]. The summed E-state index contributed by atoms with van der Waals surface area (Å²) in [6.07, 6.45) is 5.03. The molecule has 1 N–H and O–H groups in total. The number of furan rings is 2. The van der Waals surface area contributed by atoms with E-state index in [2.05, 4.69) is 0 Å². The summed E-state index contributed by atoms with van der Waals surface area (Å²) in [5, 5.41) is 3.67. The number of fused-ring (bicyclic) bond motifs is 8. The van der Waals surface area contributed by atoms with Crippen molar-refractivity contribution < 1.29 is 78.1 Å². The third kappa shape index (κ3) is 8.18. The molecule has 8 aromatic rings. The Hall–Kier alpha value is -4.93. The molecule has 0 saturated heterocycles. The molecule has 0 unspecified atom stereocenters. The summed E-state index contributed by atoms with van der Waals surface area (Å²) in [5.74, 6) is 0.717. The van der Waals surface area contributed by atoms with Gasteiger partial charge in [0.1, 0.15) is 22.3 Å². The van der Waals surface area contributed by atoms with E-state index in [4.69, 9.17) is 18.0 Å². The van der Waals surface area contributed by atoms with Crippen LogP contribution in [0.1, 0.15) is 37.1 Å². The molecule has 0 atom stereocenters. The topological polar surface area (TPSA) is 167 Å². The molecule has 0 bridgehead atoms. The number of oxazole rings is 1. The first-order valence-corrected chi connectivity index (χ1v) is 21.7. The van der Waals surface area contributed by atoms with E-state index >= 15 is 0 Å². The number of rotatable bonds is 13. The van der Waals surface area contributed by atoms with E-state index in [0.717, 1.165) is 55.1 Å². The number of aromatic nitrogens is 1. The van der Waals surface area contributed by atoms with Crippen LogP contribution in [0.25, 0.3) is 66.6 Å². The van der Waals surface area contributed by atoms with Crippen molar-refractivity contribution >= 4 is 92.5 Å². The van der Waals surface area contributed by atoms with Gasteiger partial charge in [0.05, 0.1) is 33.7 Å². The van der Waals surface area contributed by atoms with Gasteiger partial charge in [0.2, 0.25) is 11.5 Å². The number of benzene rings is 5. The summed E-state index contributed by atoms with van der Waals surface area (Å²) < 4.78 is 94.5. The molecule has 3 aromatic heterocycles. The minimum Gasteiger partial charge on any atom is -0.748 e. The number of ether oxygens (including phenoxy) is 1. The second-order valence-electron chi connectivity index (χ2n) is 14.1. The van der Waals surface area contributed by atoms with Gasteiger partial charge in [0, 0.05) is 52.4 Å². The van der Waals surface area contributed by atoms with Gasteiger partial charge in [-0.2, -0.15) is 13.0 Å². The van der Waals surface area contributed by atoms with E-state index in [1.54, 1.807) is 0 Å². The fourth-order valence-electron chi connectivity index (χ4n) is 7.52. The van der Waals surface area contributed by atoms with Crippen LogP contribution >= 0.6 is 0 Å². The number of para-hydroxylation sites is 2. The molecule has 0 aliphatic carbocycles. The molecule has 12 nitrogen and oxygen atoms in total. The summed E-state index contributed by atoms with van der Waals surface area (Å²) in [4.78, 5) is 1.96. The second-order valence-corrected chi connectivity index (χ2v) is 17.2. The molecule has 1 aliphatic rings. The Morgan fingerprint density at radius 3 is 2.02 bits per heavy atom. The maximum atomic E-state index is 11.6. The predicted octanol–water partition coefficient (Wildman–Crippen LogP) is 5.80. The maximum absolute atomic E-state index is 11.6. The van der Waals surface area contributed by atoms with Gasteiger partial charge in [-0.1, -0.05) is 66.7 Å². The van der Waals surface area contributed by atoms with Crippen LogP contribution in [0.3, 0.4) is 0 Å². The predicted molar refractivity (Wildman–Crippen MR) is 217 cm³/mol. The zero-order valence-electron chi connectivity index (χ0n) is 31.5. The molecule has 58 heavy (non-hydrogen) atoms. The second kappa shape index (κ2) is 16.0. The van der Waals surface area contributed by atoms with Gasteiger partial charge in [-0.3, -0.25) is 4.55 Å². The molecule has 9 rings (SSSR count). The summed E-state index contributed by atoms with van der Waals surface area (Å²) in [6.45, 7) is 0.732. The van der Waals surface area contributed by atoms with Gasteiger partial charge in [-0.25, -0.2) is 8.42 Å². The van der Waals surface area contributed by atoms with Gasteiger partial charge in [0.25, 0.3) is 15.6 Å². The summed E-state index contributed by atoms with van der Waals surface area (Å²) >= 11 is 0. The number of unbranched alkanes of at least 4 members (excludes halogenated alkanes) is 2. The Labute approximate surface area is 355 Å². The minimum absolute atomic E-state index is 0. The van der Waals surface area contributed by atoms with Crippen molar-refractivity contribution in [3.05, 3.63) is 127 Å². The van der Waals surface area contributed by atoms with Gasteiger partial charge in [-0.05, 0) is 54.7 Å². The summed E-state index contributed by atoms with van der Waals surface area (Å²) in [5.41, 5.74) is 6.48. The Balaban J connectivity index is 0.00000469. The van der Waals surface area contributed by atoms with Crippen LogP contribution in [0, 0.1) is 0 Å². The molecule has 1 aliphatic heterocycles. The number of hydrogen-bond donors (Lipinski definition) is 1. The van der Waals surface area contributed by atoms with Crippen LogP contribution in [0.4, 0.5) is 5.69 Å². The quantitative estimate of drug-likeness (QED) is 0.0646. The third-order valence-electron chi connectivity index (χ3n) is 10.2. The average Bonchev–Trinajstić information content (AvgIpc) is 3.92. The van der Waals surface area contributed by atoms with Crippen LogP contribution in [0.15, 0.2) is 128 Å². The Morgan fingerprint density at radius 1 is 0.690 bits per heavy atom. The van der Waals surface area contributed by atoms with E-state index in [-0.39, 0.29) is 48.2 Å². The van der Waals surface area contributed by atoms with E-state index in [0.29, 0.717) is 60.2 Å². The molecule has 5 aromatic carbocycles. The van der Waals surface area contributed by atoms with Crippen LogP contribution < -0.4 is 43.8 Å². The fourth-order valence-corrected chi connectivity index (χ4v) is 8.65. The first-order valence-electron chi connectivity index (χ1n) is 18.5. The van der Waals surface area contributed by atoms with Crippen molar-refractivity contribution in [3.63, 3.8) is 0 Å². The van der Waals surface area contributed by atoms with Gasteiger partial charge < -0.3 is 27.4 Å². The summed E-state index contributed by atoms with van der Waals surface area (Å²) in [6, 6.07) is 32.9. The number of nitrogens with zero attached hydrogens (tertiary/aromatic N) is 2. The van der Waals surface area contributed by atoms with Crippen molar-refractivity contribution in [2.75, 3.05) is 23.0 Å². The Kier molecular flexibility index (Phi) is 11.0. The standard InChI is InChI=1S/C43H36N2O10S2.Na/c46-56(47,48)20-10-8-18-44-34-26-38-32(30-14-4-6-16-36(30)52-38)24-40(34)54-42(44)22-29(28-12-2-1-3-13-28)23-43-45(19-9-11-21-57(49,50)51)35-27-39-33(25-41(35)55-43)31-15-5-7-17-37(31)53-39;/h1-7,12-17,22-27H,8-11,18-21H2,(H-,46,47,48,49,50,51);/q;+1. The average molecular weight is 828 g/mol. The molecule has 0 radical (unpaired) electrons. The Morgan fingerprint density at radius 2 is 1.33 bits per heavy atom. The minimum atomic E-state index is -4.38. The van der Waals surface area contributed by atoms with Crippen LogP contribution in [0.5, 0.6) is 5.75 Å². The number of anilines is 1. The van der Waals surface area contributed by atoms with Crippen molar-refractivity contribution in [2.45, 2.75) is 32.2 Å². The Bertz CT molecular complexity index is 3130. The van der Waals surface area contributed by atoms with E-state index in [1.165, 1.54) is 0 Å². The first kappa shape index (κ1) is 39.9. The summed E-state index contributed by atoms with van der Waals surface area (Å²) in [7, 11) is -8.51. The largest absolute Gasteiger partial charge is 1.00 e. The number of hydrogen-bond acceptors (Lipinski definition) is 10. The molecule has 0 fully saturated rings. The normalized spacial score (nSPS) is 14.3. The number of allylic oxidation sites excluding steroid dienone is 2. The fraction of sp³-hybridized carbons (Fsp3) is 0.186. The first-order chi connectivity index (χ1) is 27.5. The van der Waals surface area contributed by atoms with Gasteiger partial charge in [-0.15, -0.1) is 0 Å². The molecule has 0 amide bonds. The third-order valence-corrected chi connectivity index (χ3v) is 11.8. The van der Waals surface area contributed by atoms with E-state index in [9.17, 15) is 25.9 Å². The zero-order valence-corrected chi connectivity index (χ0v) is 35.1. The number of aryl methyl sites for hydroxylation is 1. The molecule has 0 saturated carbocycles. The van der Waals surface area contributed by atoms with E-state index in [1.807, 2.05) is 125 Å². The van der Waals surface area contributed by atoms with Crippen molar-refractivity contribution in [2.24, 2.45) is 0 Å². The van der Waals surface area contributed by atoms with Gasteiger partial charge in [0.15, 0.2) is 12.3 Å². The smallest absolute Gasteiger partial charge is 0.748 e. The van der Waals surface area contributed by atoms with Crippen LogP contribution in [-0.2, 0) is 26.8 Å². The van der Waals surface area contributed by atoms with Crippen LogP contribution in [-0.4, -0.2) is 44.0 Å². The van der Waals surface area contributed by atoms with Crippen molar-refractivity contribution in [1.82, 2.24) is 0 Å². The molecular weight excluding hydrogens is 792 g/mol. The van der Waals surface area contributed by atoms with Crippen LogP contribution in [0.2, 0.25) is 0 Å². The molecule has 4 heterocycles. The molecule has 290 valence electrons. The molecule has 0 spiro atoms. The maximum Gasteiger partial charge on any atom is 1.00 e. The van der Waals surface area contributed by atoms with Gasteiger partial charge >= 0.3 is 35.4 Å². The van der Waals surface area contributed by atoms with Crippen molar-refractivity contribution in [1.29, 1.82) is 0 Å².